The number of amides is 1. The van der Waals surface area contributed by atoms with Crippen molar-refractivity contribution in [2.75, 3.05) is 0 Å². The molecule has 0 aliphatic carbocycles. The van der Waals surface area contributed by atoms with Gasteiger partial charge in [0.15, 0.2) is 5.82 Å². The third kappa shape index (κ3) is 4.32. The Morgan fingerprint density at radius 2 is 2.17 bits per heavy atom. The van der Waals surface area contributed by atoms with Crippen LogP contribution in [0.4, 0.5) is 9.18 Å². The van der Waals surface area contributed by atoms with E-state index in [0.29, 0.717) is 0 Å². The number of halogens is 2. The van der Waals surface area contributed by atoms with Crippen molar-refractivity contribution in [1.29, 1.82) is 0 Å². The van der Waals surface area contributed by atoms with E-state index in [1.807, 2.05) is 0 Å². The number of rotatable bonds is 3. The fourth-order valence-corrected chi connectivity index (χ4v) is 1.92. The molecule has 0 unspecified atom stereocenters. The number of benzene rings is 1. The molecule has 7 nitrogen and oxygen atoms in total. The zero-order valence-electron chi connectivity index (χ0n) is 12.8. The summed E-state index contributed by atoms with van der Waals surface area (Å²) in [4.78, 5) is 23.5. The van der Waals surface area contributed by atoms with Crippen molar-refractivity contribution >= 4 is 17.7 Å². The molecule has 9 heteroatoms. The van der Waals surface area contributed by atoms with Crippen molar-refractivity contribution in [2.24, 2.45) is 0 Å². The number of ether oxygens (including phenoxy) is 1. The molecule has 0 fully saturated rings. The predicted molar refractivity (Wildman–Crippen MR) is 82.2 cm³/mol. The van der Waals surface area contributed by atoms with Crippen LogP contribution in [-0.4, -0.2) is 26.5 Å². The minimum Gasteiger partial charge on any atom is -0.444 e. The van der Waals surface area contributed by atoms with Crippen LogP contribution in [0.2, 0.25) is 5.02 Å². The molecular weight excluding hydrogens is 327 g/mol. The van der Waals surface area contributed by atoms with Crippen LogP contribution in [-0.2, 0) is 11.3 Å². The second-order valence-corrected chi connectivity index (χ2v) is 6.14. The van der Waals surface area contributed by atoms with Gasteiger partial charge in [-0.3, -0.25) is 0 Å². The highest BCUT2D eigenvalue weighted by Gasteiger charge is 2.18. The van der Waals surface area contributed by atoms with Gasteiger partial charge in [-0.25, -0.2) is 23.6 Å². The Bertz CT molecular complexity index is 779. The van der Waals surface area contributed by atoms with Crippen molar-refractivity contribution in [3.8, 4) is 5.69 Å². The van der Waals surface area contributed by atoms with Crippen LogP contribution in [0.15, 0.2) is 23.0 Å². The van der Waals surface area contributed by atoms with Gasteiger partial charge >= 0.3 is 11.8 Å². The first-order chi connectivity index (χ1) is 10.7. The molecule has 2 rings (SSSR count). The highest BCUT2D eigenvalue weighted by Crippen LogP contribution is 2.18. The largest absolute Gasteiger partial charge is 0.444 e. The Morgan fingerprint density at radius 1 is 1.48 bits per heavy atom. The molecule has 2 aromatic rings. The molecule has 23 heavy (non-hydrogen) atoms. The van der Waals surface area contributed by atoms with E-state index in [4.69, 9.17) is 16.3 Å². The molecule has 1 aromatic heterocycles. The number of nitrogens with one attached hydrogen (secondary N) is 2. The van der Waals surface area contributed by atoms with Crippen molar-refractivity contribution in [3.63, 3.8) is 0 Å². The van der Waals surface area contributed by atoms with Gasteiger partial charge < -0.3 is 10.1 Å². The summed E-state index contributed by atoms with van der Waals surface area (Å²) in [5, 5.41) is 8.49. The van der Waals surface area contributed by atoms with Gasteiger partial charge in [0, 0.05) is 0 Å². The van der Waals surface area contributed by atoms with Crippen LogP contribution in [0, 0.1) is 5.82 Å². The molecule has 1 aromatic carbocycles. The van der Waals surface area contributed by atoms with Crippen LogP contribution in [0.25, 0.3) is 5.69 Å². The SMILES string of the molecule is CC(C)(C)OC(=O)NCc1n[nH]c(=O)n1-c1ccc(Cl)c(F)c1. The average molecular weight is 343 g/mol. The fourth-order valence-electron chi connectivity index (χ4n) is 1.80. The Kier molecular flexibility index (Phi) is 4.74. The Labute approximate surface area is 136 Å². The van der Waals surface area contributed by atoms with Gasteiger partial charge in [-0.05, 0) is 39.0 Å². The summed E-state index contributed by atoms with van der Waals surface area (Å²) in [5.41, 5.74) is -0.964. The number of carbonyl (C=O) groups excluding carboxylic acids is 1. The number of aromatic amines is 1. The predicted octanol–water partition coefficient (Wildman–Crippen LogP) is 2.38. The number of aromatic nitrogens is 3. The molecule has 0 radical (unpaired) electrons. The lowest BCUT2D eigenvalue weighted by atomic mass is 10.2. The first-order valence-corrected chi connectivity index (χ1v) is 7.14. The number of nitrogens with zero attached hydrogens (tertiary/aromatic N) is 2. The van der Waals surface area contributed by atoms with E-state index in [1.54, 1.807) is 20.8 Å². The van der Waals surface area contributed by atoms with Gasteiger partial charge in [0.05, 0.1) is 17.3 Å². The third-order valence-electron chi connectivity index (χ3n) is 2.69. The zero-order valence-corrected chi connectivity index (χ0v) is 13.6. The first kappa shape index (κ1) is 17.0. The molecule has 0 spiro atoms. The molecular formula is C14H16ClFN4O3. The average Bonchev–Trinajstić information content (AvgIpc) is 2.79. The minimum atomic E-state index is -0.664. The number of alkyl carbamates (subject to hydrolysis) is 1. The highest BCUT2D eigenvalue weighted by molar-refractivity contribution is 6.30. The van der Waals surface area contributed by atoms with Gasteiger partial charge in [-0.1, -0.05) is 11.6 Å². The second kappa shape index (κ2) is 6.41. The lowest BCUT2D eigenvalue weighted by Gasteiger charge is -2.19. The van der Waals surface area contributed by atoms with E-state index in [0.717, 1.165) is 10.6 Å². The number of carbonyl (C=O) groups is 1. The Balaban J connectivity index is 2.20. The maximum Gasteiger partial charge on any atom is 0.408 e. The summed E-state index contributed by atoms with van der Waals surface area (Å²) in [6, 6.07) is 3.91. The van der Waals surface area contributed by atoms with E-state index in [2.05, 4.69) is 15.5 Å². The Hall–Kier alpha value is -2.35. The molecule has 0 aliphatic heterocycles. The summed E-state index contributed by atoms with van der Waals surface area (Å²) in [6.07, 6.45) is -0.651. The van der Waals surface area contributed by atoms with E-state index in [9.17, 15) is 14.0 Å². The van der Waals surface area contributed by atoms with Crippen molar-refractivity contribution in [2.45, 2.75) is 32.9 Å². The quantitative estimate of drug-likeness (QED) is 0.896. The molecule has 0 atom stereocenters. The van der Waals surface area contributed by atoms with Gasteiger partial charge in [0.2, 0.25) is 0 Å². The third-order valence-corrected chi connectivity index (χ3v) is 3.00. The summed E-state index contributed by atoms with van der Waals surface area (Å²) in [6.45, 7) is 5.12. The molecule has 0 aliphatic rings. The van der Waals surface area contributed by atoms with Crippen LogP contribution < -0.4 is 11.0 Å². The van der Waals surface area contributed by atoms with Crippen LogP contribution >= 0.6 is 11.6 Å². The molecule has 2 N–H and O–H groups in total. The van der Waals surface area contributed by atoms with Crippen molar-refractivity contribution in [3.05, 3.63) is 45.3 Å². The highest BCUT2D eigenvalue weighted by atomic mass is 35.5. The first-order valence-electron chi connectivity index (χ1n) is 6.76. The summed E-state index contributed by atoms with van der Waals surface area (Å²) >= 11 is 5.63. The number of hydrogen-bond acceptors (Lipinski definition) is 4. The van der Waals surface area contributed by atoms with Gasteiger partial charge in [0.1, 0.15) is 11.4 Å². The van der Waals surface area contributed by atoms with Gasteiger partial charge in [-0.2, -0.15) is 5.10 Å². The second-order valence-electron chi connectivity index (χ2n) is 5.73. The topological polar surface area (TPSA) is 89.0 Å². The minimum absolute atomic E-state index is 0.0567. The molecule has 0 bridgehead atoms. The van der Waals surface area contributed by atoms with Gasteiger partial charge in [-0.15, -0.1) is 0 Å². The van der Waals surface area contributed by atoms with Crippen LogP contribution in [0.3, 0.4) is 0 Å². The lowest BCUT2D eigenvalue weighted by molar-refractivity contribution is 0.0522. The lowest BCUT2D eigenvalue weighted by Crippen LogP contribution is -2.33. The summed E-state index contributed by atoms with van der Waals surface area (Å²) in [5.74, 6) is -0.467. The summed E-state index contributed by atoms with van der Waals surface area (Å²) in [7, 11) is 0. The maximum atomic E-state index is 13.6. The smallest absolute Gasteiger partial charge is 0.408 e. The zero-order chi connectivity index (χ0) is 17.2. The van der Waals surface area contributed by atoms with E-state index >= 15 is 0 Å². The molecule has 124 valence electrons. The normalized spacial score (nSPS) is 11.3. The number of hydrogen-bond donors (Lipinski definition) is 2. The molecule has 1 amide bonds. The number of H-pyrrole nitrogens is 1. The monoisotopic (exact) mass is 342 g/mol. The van der Waals surface area contributed by atoms with Crippen LogP contribution in [0.1, 0.15) is 26.6 Å². The maximum absolute atomic E-state index is 13.6. The van der Waals surface area contributed by atoms with E-state index < -0.39 is 23.2 Å². The fraction of sp³-hybridized carbons (Fsp3) is 0.357. The Morgan fingerprint density at radius 3 is 2.78 bits per heavy atom. The van der Waals surface area contributed by atoms with Gasteiger partial charge in [0.25, 0.3) is 0 Å². The molecule has 1 heterocycles. The molecule has 0 saturated heterocycles. The molecule has 0 saturated carbocycles. The van der Waals surface area contributed by atoms with Crippen molar-refractivity contribution in [1.82, 2.24) is 20.1 Å². The van der Waals surface area contributed by atoms with Crippen LogP contribution in [0.5, 0.6) is 0 Å². The summed E-state index contributed by atoms with van der Waals surface area (Å²) < 4.78 is 19.8. The van der Waals surface area contributed by atoms with E-state index in [1.165, 1.54) is 12.1 Å². The van der Waals surface area contributed by atoms with E-state index in [-0.39, 0.29) is 23.1 Å². The standard InChI is InChI=1S/C14H16ClFN4O3/c1-14(2,3)23-13(22)17-7-11-18-19-12(21)20(11)8-4-5-9(15)10(16)6-8/h4-6H,7H2,1-3H3,(H,17,22)(H,19,21). The van der Waals surface area contributed by atoms with Crippen molar-refractivity contribution < 1.29 is 13.9 Å².